The average Bonchev–Trinajstić information content (AvgIpc) is 2.34. The number of nitrogens with zero attached hydrogens (tertiary/aromatic N) is 2. The van der Waals surface area contributed by atoms with Gasteiger partial charge in [-0.1, -0.05) is 0 Å². The fourth-order valence-corrected chi connectivity index (χ4v) is 1.95. The molecule has 0 fully saturated rings. The van der Waals surface area contributed by atoms with Crippen LogP contribution in [0.4, 0.5) is 8.78 Å². The maximum Gasteiger partial charge on any atom is 0.282 e. The van der Waals surface area contributed by atoms with Crippen LogP contribution in [0.2, 0.25) is 0 Å². The largest absolute Gasteiger partial charge is 0.282 e. The second kappa shape index (κ2) is 5.27. The minimum atomic E-state index is -0.579. The van der Waals surface area contributed by atoms with Crippen LogP contribution in [0.3, 0.4) is 0 Å². The normalized spacial score (nSPS) is 10.7. The molecular formula is C11H6Br2F2N2O. The first-order valence-electron chi connectivity index (χ1n) is 4.84. The zero-order valence-corrected chi connectivity index (χ0v) is 12.0. The van der Waals surface area contributed by atoms with Crippen molar-refractivity contribution in [3.05, 3.63) is 60.9 Å². The molecule has 1 aromatic heterocycles. The molecule has 2 aromatic rings. The smallest absolute Gasteiger partial charge is 0.266 e. The lowest BCUT2D eigenvalue weighted by Gasteiger charge is -2.07. The Morgan fingerprint density at radius 1 is 1.28 bits per heavy atom. The van der Waals surface area contributed by atoms with Crippen molar-refractivity contribution < 1.29 is 8.78 Å². The van der Waals surface area contributed by atoms with Crippen molar-refractivity contribution in [3.63, 3.8) is 0 Å². The van der Waals surface area contributed by atoms with Gasteiger partial charge in [0.2, 0.25) is 0 Å². The summed E-state index contributed by atoms with van der Waals surface area (Å²) in [6.07, 6.45) is 1.41. The van der Waals surface area contributed by atoms with Gasteiger partial charge in [-0.15, -0.1) is 0 Å². The van der Waals surface area contributed by atoms with Crippen LogP contribution in [0, 0.1) is 11.6 Å². The van der Waals surface area contributed by atoms with E-state index in [1.165, 1.54) is 6.20 Å². The topological polar surface area (TPSA) is 34.9 Å². The molecule has 0 amide bonds. The van der Waals surface area contributed by atoms with Crippen molar-refractivity contribution in [2.75, 3.05) is 0 Å². The predicted molar refractivity (Wildman–Crippen MR) is 69.4 cm³/mol. The molecule has 18 heavy (non-hydrogen) atoms. The molecule has 0 saturated carbocycles. The lowest BCUT2D eigenvalue weighted by Crippen LogP contribution is -2.24. The van der Waals surface area contributed by atoms with Gasteiger partial charge in [-0.3, -0.25) is 4.79 Å². The SMILES string of the molecule is O=c1c(Br)c(Br)cnn1Cc1cc(F)ccc1F. The molecule has 3 nitrogen and oxygen atoms in total. The van der Waals surface area contributed by atoms with Crippen LogP contribution in [0.15, 0.2) is 38.1 Å². The van der Waals surface area contributed by atoms with E-state index in [0.29, 0.717) is 4.47 Å². The summed E-state index contributed by atoms with van der Waals surface area (Å²) in [6, 6.07) is 3.08. The number of aromatic nitrogens is 2. The predicted octanol–water partition coefficient (Wildman–Crippen LogP) is 3.09. The standard InChI is InChI=1S/C11H6Br2F2N2O/c12-8-4-16-17(11(18)10(8)13)5-6-3-7(14)1-2-9(6)15/h1-4H,5H2. The summed E-state index contributed by atoms with van der Waals surface area (Å²) in [7, 11) is 0. The Balaban J connectivity index is 2.44. The molecule has 1 heterocycles. The van der Waals surface area contributed by atoms with E-state index in [2.05, 4.69) is 37.0 Å². The lowest BCUT2D eigenvalue weighted by atomic mass is 10.2. The second-order valence-corrected chi connectivity index (χ2v) is 5.15. The highest BCUT2D eigenvalue weighted by Crippen LogP contribution is 2.17. The van der Waals surface area contributed by atoms with E-state index in [4.69, 9.17) is 0 Å². The quantitative estimate of drug-likeness (QED) is 0.803. The molecule has 2 rings (SSSR count). The Morgan fingerprint density at radius 3 is 2.72 bits per heavy atom. The van der Waals surface area contributed by atoms with Crippen LogP contribution >= 0.6 is 31.9 Å². The third-order valence-corrected chi connectivity index (χ3v) is 4.17. The van der Waals surface area contributed by atoms with Crippen LogP contribution in [0.25, 0.3) is 0 Å². The molecule has 7 heteroatoms. The summed E-state index contributed by atoms with van der Waals surface area (Å²) in [4.78, 5) is 11.8. The molecule has 1 aromatic carbocycles. The number of halogens is 4. The first-order chi connectivity index (χ1) is 8.49. The maximum atomic E-state index is 13.4. The molecule has 0 aliphatic carbocycles. The Kier molecular flexibility index (Phi) is 3.91. The van der Waals surface area contributed by atoms with E-state index in [0.717, 1.165) is 22.9 Å². The summed E-state index contributed by atoms with van der Waals surface area (Å²) in [5, 5.41) is 3.84. The fraction of sp³-hybridized carbons (Fsp3) is 0.0909. The Hall–Kier alpha value is -1.08. The fourth-order valence-electron chi connectivity index (χ4n) is 1.38. The molecule has 0 aliphatic rings. The van der Waals surface area contributed by atoms with Crippen molar-refractivity contribution in [1.82, 2.24) is 9.78 Å². The Labute approximate surface area is 118 Å². The van der Waals surface area contributed by atoms with Gasteiger partial charge in [0.05, 0.1) is 17.2 Å². The molecule has 94 valence electrons. The maximum absolute atomic E-state index is 13.4. The van der Waals surface area contributed by atoms with E-state index in [1.54, 1.807) is 0 Å². The van der Waals surface area contributed by atoms with Crippen LogP contribution in [-0.4, -0.2) is 9.78 Å². The summed E-state index contributed by atoms with van der Waals surface area (Å²) >= 11 is 6.22. The lowest BCUT2D eigenvalue weighted by molar-refractivity contribution is 0.555. The van der Waals surface area contributed by atoms with Crippen LogP contribution in [0.1, 0.15) is 5.56 Å². The zero-order valence-electron chi connectivity index (χ0n) is 8.83. The average molecular weight is 380 g/mol. The molecule has 0 radical (unpaired) electrons. The van der Waals surface area contributed by atoms with Crippen molar-refractivity contribution in [1.29, 1.82) is 0 Å². The van der Waals surface area contributed by atoms with Crippen molar-refractivity contribution in [3.8, 4) is 0 Å². The van der Waals surface area contributed by atoms with Gasteiger partial charge in [-0.05, 0) is 50.1 Å². The van der Waals surface area contributed by atoms with E-state index in [1.807, 2.05) is 0 Å². The van der Waals surface area contributed by atoms with E-state index in [-0.39, 0.29) is 16.6 Å². The summed E-state index contributed by atoms with van der Waals surface area (Å²) in [6.45, 7) is -0.131. The molecular weight excluding hydrogens is 374 g/mol. The number of hydrogen-bond acceptors (Lipinski definition) is 2. The van der Waals surface area contributed by atoms with Crippen LogP contribution in [-0.2, 0) is 6.54 Å². The molecule has 0 N–H and O–H groups in total. The highest BCUT2D eigenvalue weighted by Gasteiger charge is 2.10. The third kappa shape index (κ3) is 2.67. The zero-order chi connectivity index (χ0) is 13.3. The molecule has 0 aliphatic heterocycles. The number of hydrogen-bond donors (Lipinski definition) is 0. The van der Waals surface area contributed by atoms with Crippen molar-refractivity contribution in [2.45, 2.75) is 6.54 Å². The van der Waals surface area contributed by atoms with Crippen LogP contribution < -0.4 is 5.56 Å². The van der Waals surface area contributed by atoms with Gasteiger partial charge >= 0.3 is 0 Å². The van der Waals surface area contributed by atoms with Gasteiger partial charge in [0.1, 0.15) is 16.1 Å². The molecule has 0 saturated heterocycles. The third-order valence-electron chi connectivity index (χ3n) is 2.27. The van der Waals surface area contributed by atoms with Gasteiger partial charge in [-0.25, -0.2) is 13.5 Å². The Bertz CT molecular complexity index is 658. The number of rotatable bonds is 2. The first-order valence-corrected chi connectivity index (χ1v) is 6.42. The van der Waals surface area contributed by atoms with Gasteiger partial charge < -0.3 is 0 Å². The monoisotopic (exact) mass is 378 g/mol. The molecule has 0 bridgehead atoms. The van der Waals surface area contributed by atoms with Crippen LogP contribution in [0.5, 0.6) is 0 Å². The highest BCUT2D eigenvalue weighted by atomic mass is 79.9. The summed E-state index contributed by atoms with van der Waals surface area (Å²) < 4.78 is 28.3. The van der Waals surface area contributed by atoms with Gasteiger partial charge in [0.25, 0.3) is 5.56 Å². The number of benzene rings is 1. The van der Waals surface area contributed by atoms with Gasteiger partial charge in [0.15, 0.2) is 0 Å². The summed E-state index contributed by atoms with van der Waals surface area (Å²) in [5.74, 6) is -1.14. The highest BCUT2D eigenvalue weighted by molar-refractivity contribution is 9.13. The van der Waals surface area contributed by atoms with E-state index in [9.17, 15) is 13.6 Å². The molecule has 0 unspecified atom stereocenters. The van der Waals surface area contributed by atoms with Gasteiger partial charge in [-0.2, -0.15) is 5.10 Å². The van der Waals surface area contributed by atoms with Crippen molar-refractivity contribution in [2.24, 2.45) is 0 Å². The van der Waals surface area contributed by atoms with E-state index >= 15 is 0 Å². The Morgan fingerprint density at radius 2 is 2.00 bits per heavy atom. The first kappa shape index (κ1) is 13.4. The van der Waals surface area contributed by atoms with E-state index < -0.39 is 17.2 Å². The molecule has 0 atom stereocenters. The minimum Gasteiger partial charge on any atom is -0.266 e. The van der Waals surface area contributed by atoms with Crippen molar-refractivity contribution >= 4 is 31.9 Å². The molecule has 0 spiro atoms. The summed E-state index contributed by atoms with van der Waals surface area (Å²) in [5.41, 5.74) is -0.355. The second-order valence-electron chi connectivity index (χ2n) is 3.51. The minimum absolute atomic E-state index is 0.0684. The van der Waals surface area contributed by atoms with Gasteiger partial charge in [0, 0.05) is 5.56 Å².